The maximum atomic E-state index is 13.2. The van der Waals surface area contributed by atoms with Crippen molar-refractivity contribution in [2.75, 3.05) is 33.3 Å². The van der Waals surface area contributed by atoms with Crippen LogP contribution in [0.15, 0.2) is 42.6 Å². The van der Waals surface area contributed by atoms with Crippen LogP contribution in [0.25, 0.3) is 10.9 Å². The number of aromatic nitrogens is 2. The highest BCUT2D eigenvalue weighted by Crippen LogP contribution is 2.27. The van der Waals surface area contributed by atoms with Crippen molar-refractivity contribution >= 4 is 16.7 Å². The van der Waals surface area contributed by atoms with E-state index in [4.69, 9.17) is 4.74 Å². The molecular formula is C27H33FN4O2. The van der Waals surface area contributed by atoms with Gasteiger partial charge in [0.1, 0.15) is 5.82 Å². The third-order valence-corrected chi connectivity index (χ3v) is 7.48. The number of benzene rings is 1. The highest BCUT2D eigenvalue weighted by Gasteiger charge is 2.28. The smallest absolute Gasteiger partial charge is 0.213 e. The summed E-state index contributed by atoms with van der Waals surface area (Å²) >= 11 is 0. The highest BCUT2D eigenvalue weighted by atomic mass is 19.1. The van der Waals surface area contributed by atoms with Gasteiger partial charge in [0.05, 0.1) is 18.8 Å². The van der Waals surface area contributed by atoms with Gasteiger partial charge in [-0.05, 0) is 88.6 Å². The van der Waals surface area contributed by atoms with E-state index in [2.05, 4.69) is 25.8 Å². The van der Waals surface area contributed by atoms with Crippen molar-refractivity contribution < 1.29 is 13.9 Å². The monoisotopic (exact) mass is 464 g/mol. The molecule has 7 heteroatoms. The Morgan fingerprint density at radius 3 is 2.71 bits per heavy atom. The van der Waals surface area contributed by atoms with Crippen molar-refractivity contribution in [3.63, 3.8) is 0 Å². The van der Waals surface area contributed by atoms with Crippen molar-refractivity contribution in [3.05, 3.63) is 59.7 Å². The van der Waals surface area contributed by atoms with Gasteiger partial charge in [-0.1, -0.05) is 0 Å². The first-order valence-electron chi connectivity index (χ1n) is 12.4. The predicted octanol–water partition coefficient (Wildman–Crippen LogP) is 4.66. The molecule has 1 aromatic carbocycles. The summed E-state index contributed by atoms with van der Waals surface area (Å²) in [6.07, 6.45) is 7.26. The number of pyridine rings is 1. The fourth-order valence-electron chi connectivity index (χ4n) is 5.52. The number of H-pyrrole nitrogens is 1. The maximum absolute atomic E-state index is 13.2. The van der Waals surface area contributed by atoms with Crippen molar-refractivity contribution in [1.82, 2.24) is 19.8 Å². The molecule has 0 aliphatic carbocycles. The Bertz CT molecular complexity index is 1120. The van der Waals surface area contributed by atoms with E-state index in [0.29, 0.717) is 17.5 Å². The number of aromatic amines is 1. The third kappa shape index (κ3) is 5.15. The zero-order valence-corrected chi connectivity index (χ0v) is 19.8. The molecule has 0 radical (unpaired) electrons. The zero-order valence-electron chi connectivity index (χ0n) is 19.8. The number of ketones is 1. The second kappa shape index (κ2) is 10.2. The lowest BCUT2D eigenvalue weighted by Gasteiger charge is -2.33. The van der Waals surface area contributed by atoms with Crippen LogP contribution in [-0.2, 0) is 6.54 Å². The minimum Gasteiger partial charge on any atom is -0.481 e. The standard InChI is InChI=1S/C27H33FN4O2/c1-34-26-16-21-15-23(30-25(21)17-29-26)18-32-11-2-3-24(32)10-14-31-12-8-20(9-13-31)27(33)19-4-6-22(28)7-5-19/h4-7,15-17,20,24,30H,2-3,8-14,18H2,1H3. The average Bonchev–Trinajstić information content (AvgIpc) is 3.48. The van der Waals surface area contributed by atoms with Gasteiger partial charge in [-0.3, -0.25) is 9.69 Å². The van der Waals surface area contributed by atoms with Crippen molar-refractivity contribution in [3.8, 4) is 5.88 Å². The Hall–Kier alpha value is -2.77. The van der Waals surface area contributed by atoms with E-state index in [9.17, 15) is 9.18 Å². The largest absolute Gasteiger partial charge is 0.481 e. The van der Waals surface area contributed by atoms with Crippen LogP contribution >= 0.6 is 0 Å². The molecule has 0 spiro atoms. The van der Waals surface area contributed by atoms with Crippen LogP contribution in [0, 0.1) is 11.7 Å². The van der Waals surface area contributed by atoms with E-state index in [1.165, 1.54) is 30.7 Å². The number of carbonyl (C=O) groups excluding carboxylic acids is 1. The summed E-state index contributed by atoms with van der Waals surface area (Å²) in [5.41, 5.74) is 2.90. The number of Topliss-reactive ketones (excluding diaryl/α,β-unsaturated/α-hetero) is 1. The molecule has 6 nitrogen and oxygen atoms in total. The second-order valence-electron chi connectivity index (χ2n) is 9.65. The summed E-state index contributed by atoms with van der Waals surface area (Å²) in [4.78, 5) is 25.6. The number of halogens is 1. The van der Waals surface area contributed by atoms with Gasteiger partial charge in [-0.25, -0.2) is 9.37 Å². The van der Waals surface area contributed by atoms with Gasteiger partial charge in [-0.2, -0.15) is 0 Å². The van der Waals surface area contributed by atoms with Gasteiger partial charge in [0.2, 0.25) is 5.88 Å². The number of piperidine rings is 1. The molecule has 4 heterocycles. The molecule has 180 valence electrons. The van der Waals surface area contributed by atoms with E-state index < -0.39 is 0 Å². The summed E-state index contributed by atoms with van der Waals surface area (Å²) in [6.45, 7) is 5.06. The van der Waals surface area contributed by atoms with Crippen molar-refractivity contribution in [1.29, 1.82) is 0 Å². The lowest BCUT2D eigenvalue weighted by Crippen LogP contribution is -2.39. The first-order valence-corrected chi connectivity index (χ1v) is 12.4. The van der Waals surface area contributed by atoms with Crippen LogP contribution in [0.2, 0.25) is 0 Å². The predicted molar refractivity (Wildman–Crippen MR) is 131 cm³/mol. The third-order valence-electron chi connectivity index (χ3n) is 7.48. The molecule has 1 unspecified atom stereocenters. The number of ether oxygens (including phenoxy) is 1. The molecule has 0 bridgehead atoms. The molecule has 1 atom stereocenters. The second-order valence-corrected chi connectivity index (χ2v) is 9.65. The minimum atomic E-state index is -0.297. The molecule has 2 aliphatic heterocycles. The maximum Gasteiger partial charge on any atom is 0.213 e. The minimum absolute atomic E-state index is 0.0554. The molecule has 0 saturated carbocycles. The van der Waals surface area contributed by atoms with Crippen molar-refractivity contribution in [2.24, 2.45) is 5.92 Å². The van der Waals surface area contributed by atoms with E-state index >= 15 is 0 Å². The quantitative estimate of drug-likeness (QED) is 0.492. The zero-order chi connectivity index (χ0) is 23.5. The molecular weight excluding hydrogens is 431 g/mol. The fourth-order valence-corrected chi connectivity index (χ4v) is 5.52. The Morgan fingerprint density at radius 1 is 1.15 bits per heavy atom. The number of hydrogen-bond acceptors (Lipinski definition) is 5. The number of nitrogens with one attached hydrogen (secondary N) is 1. The molecule has 2 aliphatic rings. The van der Waals surface area contributed by atoms with E-state index in [0.717, 1.165) is 62.9 Å². The van der Waals surface area contributed by atoms with Crippen LogP contribution in [0.5, 0.6) is 5.88 Å². The molecule has 5 rings (SSSR count). The number of fused-ring (bicyclic) bond motifs is 1. The lowest BCUT2D eigenvalue weighted by atomic mass is 9.89. The van der Waals surface area contributed by atoms with E-state index in [-0.39, 0.29) is 17.5 Å². The van der Waals surface area contributed by atoms with Gasteiger partial charge in [0, 0.05) is 41.2 Å². The number of carbonyl (C=O) groups is 1. The summed E-state index contributed by atoms with van der Waals surface area (Å²) in [5, 5.41) is 1.13. The number of hydrogen-bond donors (Lipinski definition) is 1. The Labute approximate surface area is 200 Å². The van der Waals surface area contributed by atoms with Crippen LogP contribution in [0.3, 0.4) is 0 Å². The first kappa shape index (κ1) is 23.0. The highest BCUT2D eigenvalue weighted by molar-refractivity contribution is 5.97. The van der Waals surface area contributed by atoms with E-state index in [1.807, 2.05) is 12.3 Å². The fraction of sp³-hybridized carbons (Fsp3) is 0.481. The van der Waals surface area contributed by atoms with Crippen molar-refractivity contribution in [2.45, 2.75) is 44.7 Å². The number of nitrogens with zero attached hydrogens (tertiary/aromatic N) is 3. The summed E-state index contributed by atoms with van der Waals surface area (Å²) in [5.74, 6) is 0.557. The molecule has 2 aromatic heterocycles. The molecule has 0 amide bonds. The SMILES string of the molecule is COc1cc2cc(CN3CCCC3CCN3CCC(C(=O)c4ccc(F)cc4)CC3)[nH]c2cn1. The Balaban J connectivity index is 1.11. The summed E-state index contributed by atoms with van der Waals surface area (Å²) < 4.78 is 18.4. The number of likely N-dealkylation sites (tertiary alicyclic amines) is 2. The van der Waals surface area contributed by atoms with Crippen LogP contribution in [0.1, 0.15) is 48.2 Å². The van der Waals surface area contributed by atoms with Gasteiger partial charge >= 0.3 is 0 Å². The number of methoxy groups -OCH3 is 1. The molecule has 3 aromatic rings. The Kier molecular flexibility index (Phi) is 6.92. The summed E-state index contributed by atoms with van der Waals surface area (Å²) in [7, 11) is 1.64. The average molecular weight is 465 g/mol. The van der Waals surface area contributed by atoms with Crippen LogP contribution in [-0.4, -0.2) is 64.9 Å². The summed E-state index contributed by atoms with van der Waals surface area (Å²) in [6, 6.07) is 10.7. The van der Waals surface area contributed by atoms with Gasteiger partial charge < -0.3 is 14.6 Å². The Morgan fingerprint density at radius 2 is 1.94 bits per heavy atom. The number of rotatable bonds is 8. The van der Waals surface area contributed by atoms with E-state index in [1.54, 1.807) is 19.2 Å². The normalized spacial score (nSPS) is 20.2. The lowest BCUT2D eigenvalue weighted by molar-refractivity contribution is 0.0831. The molecule has 2 fully saturated rings. The van der Waals surface area contributed by atoms with Gasteiger partial charge in [0.15, 0.2) is 5.78 Å². The first-order chi connectivity index (χ1) is 16.6. The molecule has 1 N–H and O–H groups in total. The molecule has 34 heavy (non-hydrogen) atoms. The van der Waals surface area contributed by atoms with Crippen LogP contribution < -0.4 is 4.74 Å². The van der Waals surface area contributed by atoms with Gasteiger partial charge in [-0.15, -0.1) is 0 Å². The molecule has 2 saturated heterocycles. The topological polar surface area (TPSA) is 61.5 Å². The van der Waals surface area contributed by atoms with Gasteiger partial charge in [0.25, 0.3) is 0 Å². The van der Waals surface area contributed by atoms with Crippen LogP contribution in [0.4, 0.5) is 4.39 Å².